The number of benzene rings is 3. The lowest BCUT2D eigenvalue weighted by atomic mass is 9.94. The summed E-state index contributed by atoms with van der Waals surface area (Å²) >= 11 is 0. The monoisotopic (exact) mass is 535 g/mol. The number of sulfonamides is 1. The highest BCUT2D eigenvalue weighted by Gasteiger charge is 2.49. The quantitative estimate of drug-likeness (QED) is 0.234. The van der Waals surface area contributed by atoms with Crippen LogP contribution in [0.4, 0.5) is 16.2 Å². The second-order valence-corrected chi connectivity index (χ2v) is 10.4. The Hall–Kier alpha value is -4.51. The van der Waals surface area contributed by atoms with Gasteiger partial charge >= 0.3 is 12.0 Å². The highest BCUT2D eigenvalue weighted by atomic mass is 32.2. The zero-order valence-electron chi connectivity index (χ0n) is 20.9. The number of nitro groups is 1. The lowest BCUT2D eigenvalue weighted by Gasteiger charge is -2.41. The minimum atomic E-state index is -4.57. The van der Waals surface area contributed by atoms with Crippen LogP contribution in [0.2, 0.25) is 0 Å². The van der Waals surface area contributed by atoms with Crippen LogP contribution in [0.5, 0.6) is 0 Å². The number of nitro benzene ring substituents is 1. The van der Waals surface area contributed by atoms with Gasteiger partial charge in [-0.05, 0) is 50.6 Å². The first-order valence-corrected chi connectivity index (χ1v) is 13.1. The van der Waals surface area contributed by atoms with Crippen molar-refractivity contribution in [3.8, 4) is 0 Å². The fraction of sp³-hybridized carbons (Fsp3) is 0.185. The zero-order valence-corrected chi connectivity index (χ0v) is 21.7. The van der Waals surface area contributed by atoms with Crippen molar-refractivity contribution in [1.29, 1.82) is 0 Å². The molecule has 0 spiro atoms. The van der Waals surface area contributed by atoms with Crippen LogP contribution in [0.15, 0.2) is 95.0 Å². The largest absolute Gasteiger partial charge is 0.463 e. The molecule has 1 atom stereocenters. The highest BCUT2D eigenvalue weighted by Crippen LogP contribution is 2.43. The maximum Gasteiger partial charge on any atom is 0.343 e. The van der Waals surface area contributed by atoms with Crippen LogP contribution >= 0.6 is 0 Å². The highest BCUT2D eigenvalue weighted by molar-refractivity contribution is 7.89. The van der Waals surface area contributed by atoms with Crippen molar-refractivity contribution in [2.75, 3.05) is 11.5 Å². The summed E-state index contributed by atoms with van der Waals surface area (Å²) in [6, 6.07) is 16.9. The van der Waals surface area contributed by atoms with Gasteiger partial charge in [-0.1, -0.05) is 48.0 Å². The molecule has 10 nitrogen and oxygen atoms in total. The molecule has 0 radical (unpaired) electrons. The number of carbonyl (C=O) groups excluding carboxylic acids is 2. The molecule has 2 amide bonds. The van der Waals surface area contributed by atoms with E-state index in [4.69, 9.17) is 4.74 Å². The molecule has 0 bridgehead atoms. The number of aryl methyl sites for hydroxylation is 1. The van der Waals surface area contributed by atoms with Crippen LogP contribution in [-0.4, -0.2) is 36.3 Å². The molecule has 3 aromatic rings. The first-order chi connectivity index (χ1) is 18.1. The number of anilines is 1. The molecule has 0 aliphatic carbocycles. The molecule has 1 aliphatic rings. The second kappa shape index (κ2) is 10.5. The van der Waals surface area contributed by atoms with Crippen molar-refractivity contribution < 1.29 is 27.7 Å². The van der Waals surface area contributed by atoms with E-state index in [9.17, 15) is 28.1 Å². The number of allylic oxidation sites excluding steroid dienone is 1. The molecule has 0 aromatic heterocycles. The summed E-state index contributed by atoms with van der Waals surface area (Å²) in [4.78, 5) is 39.3. The van der Waals surface area contributed by atoms with Crippen molar-refractivity contribution in [2.45, 2.75) is 31.7 Å². The second-order valence-electron chi connectivity index (χ2n) is 8.54. The Morgan fingerprint density at radius 3 is 2.26 bits per heavy atom. The van der Waals surface area contributed by atoms with Gasteiger partial charge in [-0.25, -0.2) is 22.3 Å². The number of rotatable bonds is 7. The van der Waals surface area contributed by atoms with Crippen LogP contribution in [-0.2, 0) is 19.6 Å². The summed E-state index contributed by atoms with van der Waals surface area (Å²) in [5.41, 5.74) is 0.891. The van der Waals surface area contributed by atoms with Crippen LogP contribution in [0.25, 0.3) is 0 Å². The molecule has 1 aliphatic heterocycles. The molecular formula is C27H25N3O7S. The maximum atomic E-state index is 14.1. The molecule has 0 saturated carbocycles. The molecule has 1 heterocycles. The zero-order chi connectivity index (χ0) is 27.6. The number of non-ortho nitro benzene ring substituents is 1. The fourth-order valence-electron chi connectivity index (χ4n) is 4.31. The third kappa shape index (κ3) is 4.75. The number of nitrogens with zero attached hydrogens (tertiary/aromatic N) is 3. The lowest BCUT2D eigenvalue weighted by molar-refractivity contribution is -0.384. The van der Waals surface area contributed by atoms with E-state index in [1.54, 1.807) is 56.3 Å². The normalized spacial score (nSPS) is 16.0. The van der Waals surface area contributed by atoms with E-state index >= 15 is 0 Å². The Morgan fingerprint density at radius 1 is 1.00 bits per heavy atom. The van der Waals surface area contributed by atoms with Crippen LogP contribution in [0, 0.1) is 17.0 Å². The predicted molar refractivity (Wildman–Crippen MR) is 140 cm³/mol. The van der Waals surface area contributed by atoms with Crippen molar-refractivity contribution in [3.05, 3.63) is 111 Å². The number of para-hydroxylation sites is 1. The molecular weight excluding hydrogens is 510 g/mol. The minimum Gasteiger partial charge on any atom is -0.463 e. The smallest absolute Gasteiger partial charge is 0.343 e. The summed E-state index contributed by atoms with van der Waals surface area (Å²) in [5.74, 6) is -0.848. The van der Waals surface area contributed by atoms with Gasteiger partial charge in [0, 0.05) is 17.8 Å². The molecule has 196 valence electrons. The van der Waals surface area contributed by atoms with Crippen molar-refractivity contribution in [3.63, 3.8) is 0 Å². The van der Waals surface area contributed by atoms with E-state index in [1.165, 1.54) is 37.3 Å². The van der Waals surface area contributed by atoms with Gasteiger partial charge < -0.3 is 4.74 Å². The predicted octanol–water partition coefficient (Wildman–Crippen LogP) is 5.11. The first-order valence-electron chi connectivity index (χ1n) is 11.7. The SMILES string of the molecule is CCOC(=O)C1=C(C)N(c2ccccc2)C(=O)N(S(=O)(=O)c2ccc(C)cc2)C1c1cccc([N+](=O)[O-])c1. The average Bonchev–Trinajstić information content (AvgIpc) is 2.89. The average molecular weight is 536 g/mol. The minimum absolute atomic E-state index is 0.0126. The number of amides is 2. The summed E-state index contributed by atoms with van der Waals surface area (Å²) in [6.07, 6.45) is 0. The third-order valence-electron chi connectivity index (χ3n) is 6.10. The Kier molecular flexibility index (Phi) is 7.31. The summed E-state index contributed by atoms with van der Waals surface area (Å²) in [6.45, 7) is 4.88. The van der Waals surface area contributed by atoms with Crippen LogP contribution in [0.1, 0.15) is 31.0 Å². The summed E-state index contributed by atoms with van der Waals surface area (Å²) in [5, 5.41) is 11.5. The number of hydrogen-bond acceptors (Lipinski definition) is 7. The third-order valence-corrected chi connectivity index (χ3v) is 7.85. The van der Waals surface area contributed by atoms with Gasteiger partial charge in [-0.2, -0.15) is 0 Å². The van der Waals surface area contributed by atoms with Gasteiger partial charge in [0.15, 0.2) is 0 Å². The van der Waals surface area contributed by atoms with E-state index in [-0.39, 0.29) is 34.0 Å². The van der Waals surface area contributed by atoms with Gasteiger partial charge in [0.2, 0.25) is 0 Å². The van der Waals surface area contributed by atoms with E-state index in [0.717, 1.165) is 16.5 Å². The van der Waals surface area contributed by atoms with Gasteiger partial charge in [0.25, 0.3) is 15.7 Å². The summed E-state index contributed by atoms with van der Waals surface area (Å²) < 4.78 is 34.1. The number of esters is 1. The van der Waals surface area contributed by atoms with E-state index in [1.807, 2.05) is 0 Å². The Morgan fingerprint density at radius 2 is 1.66 bits per heavy atom. The lowest BCUT2D eigenvalue weighted by Crippen LogP contribution is -2.53. The van der Waals surface area contributed by atoms with Gasteiger partial charge in [0.05, 0.1) is 27.7 Å². The van der Waals surface area contributed by atoms with Crippen molar-refractivity contribution in [1.82, 2.24) is 4.31 Å². The van der Waals surface area contributed by atoms with E-state index in [2.05, 4.69) is 0 Å². The molecule has 4 rings (SSSR count). The first kappa shape index (κ1) is 26.6. The Bertz CT molecular complexity index is 1530. The number of carbonyl (C=O) groups is 2. The topological polar surface area (TPSA) is 127 Å². The molecule has 0 saturated heterocycles. The molecule has 38 heavy (non-hydrogen) atoms. The maximum absolute atomic E-state index is 14.1. The number of hydrogen-bond donors (Lipinski definition) is 0. The van der Waals surface area contributed by atoms with Crippen molar-refractivity contribution >= 4 is 33.4 Å². The van der Waals surface area contributed by atoms with Crippen LogP contribution in [0.3, 0.4) is 0 Å². The summed E-state index contributed by atoms with van der Waals surface area (Å²) in [7, 11) is -4.57. The number of urea groups is 1. The molecule has 0 N–H and O–H groups in total. The van der Waals surface area contributed by atoms with Gasteiger partial charge in [0.1, 0.15) is 6.04 Å². The molecule has 3 aromatic carbocycles. The molecule has 11 heteroatoms. The Balaban J connectivity index is 2.06. The van der Waals surface area contributed by atoms with E-state index < -0.39 is 33.0 Å². The van der Waals surface area contributed by atoms with Crippen LogP contribution < -0.4 is 4.90 Å². The van der Waals surface area contributed by atoms with Gasteiger partial charge in [-0.3, -0.25) is 15.0 Å². The fourth-order valence-corrected chi connectivity index (χ4v) is 5.81. The molecule has 1 unspecified atom stereocenters. The number of ether oxygens (including phenoxy) is 1. The van der Waals surface area contributed by atoms with Crippen molar-refractivity contribution in [2.24, 2.45) is 0 Å². The standard InChI is InChI=1S/C27H25N3O7S/c1-4-37-26(31)24-19(3)28(21-10-6-5-7-11-21)27(32)29(38(35,36)23-15-13-18(2)14-16-23)25(24)20-9-8-12-22(17-20)30(33)34/h5-17,25H,4H2,1-3H3. The molecule has 0 fully saturated rings. The van der Waals surface area contributed by atoms with Gasteiger partial charge in [-0.15, -0.1) is 0 Å². The Labute approximate surface area is 220 Å². The van der Waals surface area contributed by atoms with E-state index in [0.29, 0.717) is 9.99 Å².